The second-order valence-corrected chi connectivity index (χ2v) is 2.87. The molecule has 0 heterocycles. The van der Waals surface area contributed by atoms with Crippen LogP contribution in [0.15, 0.2) is 24.3 Å². The Morgan fingerprint density at radius 3 is 1.82 bits per heavy atom. The second kappa shape index (κ2) is 4.56. The third kappa shape index (κ3) is 5.23. The number of hydrogen-bond donors (Lipinski definition) is 0. The first-order chi connectivity index (χ1) is 5.06. The van der Waals surface area contributed by atoms with Crippen molar-refractivity contribution >= 4 is 0 Å². The van der Waals surface area contributed by atoms with E-state index < -0.39 is 0 Å². The van der Waals surface area contributed by atoms with Gasteiger partial charge in [0.2, 0.25) is 0 Å². The van der Waals surface area contributed by atoms with E-state index >= 15 is 0 Å². The van der Waals surface area contributed by atoms with Gasteiger partial charge in [-0.15, -0.1) is 0 Å². The smallest absolute Gasteiger partial charge is 0.179 e. The molecule has 2 heteroatoms. The van der Waals surface area contributed by atoms with Crippen LogP contribution in [-0.2, 0) is 0 Å². The summed E-state index contributed by atoms with van der Waals surface area (Å²) >= 11 is 0. The molecule has 0 radical (unpaired) electrons. The van der Waals surface area contributed by atoms with Crippen LogP contribution in [0.1, 0.15) is 13.8 Å². The van der Waals surface area contributed by atoms with E-state index in [0.29, 0.717) is 13.1 Å². The van der Waals surface area contributed by atoms with Gasteiger partial charge in [-0.1, -0.05) is 24.3 Å². The molecule has 0 N–H and O–H groups in total. The molecule has 2 nitrogen and oxygen atoms in total. The third-order valence-corrected chi connectivity index (χ3v) is 1.06. The van der Waals surface area contributed by atoms with Gasteiger partial charge in [-0.05, 0) is 13.8 Å². The molecule has 0 aromatic rings. The molecule has 0 unspecified atom stereocenters. The molecule has 0 aliphatic rings. The van der Waals surface area contributed by atoms with Gasteiger partial charge in [0.15, 0.2) is 6.19 Å². The van der Waals surface area contributed by atoms with Crippen LogP contribution in [0.25, 0.3) is 0 Å². The SMILES string of the molecule is C=C(C)CN(C#N)CC(=C)C. The Morgan fingerprint density at radius 1 is 1.27 bits per heavy atom. The average molecular weight is 150 g/mol. The van der Waals surface area contributed by atoms with Gasteiger partial charge in [0, 0.05) is 13.1 Å². The minimum absolute atomic E-state index is 0.628. The van der Waals surface area contributed by atoms with Gasteiger partial charge in [0.25, 0.3) is 0 Å². The molecule has 0 aliphatic heterocycles. The van der Waals surface area contributed by atoms with Crippen molar-refractivity contribution in [1.82, 2.24) is 4.90 Å². The molecule has 0 bridgehead atoms. The molecule has 0 aromatic heterocycles. The summed E-state index contributed by atoms with van der Waals surface area (Å²) in [4.78, 5) is 1.63. The molecular weight excluding hydrogens is 136 g/mol. The lowest BCUT2D eigenvalue weighted by atomic mass is 10.3. The zero-order valence-electron chi connectivity index (χ0n) is 7.22. The Balaban J connectivity index is 3.89. The first-order valence-electron chi connectivity index (χ1n) is 3.49. The first-order valence-corrected chi connectivity index (χ1v) is 3.49. The molecule has 11 heavy (non-hydrogen) atoms. The third-order valence-electron chi connectivity index (χ3n) is 1.06. The van der Waals surface area contributed by atoms with E-state index in [1.54, 1.807) is 4.90 Å². The summed E-state index contributed by atoms with van der Waals surface area (Å²) in [6.45, 7) is 12.5. The molecule has 0 spiro atoms. The zero-order chi connectivity index (χ0) is 8.85. The van der Waals surface area contributed by atoms with Crippen molar-refractivity contribution in [3.63, 3.8) is 0 Å². The summed E-state index contributed by atoms with van der Waals surface area (Å²) in [5.41, 5.74) is 1.99. The molecule has 0 aliphatic carbocycles. The fourth-order valence-electron chi connectivity index (χ4n) is 0.778. The summed E-state index contributed by atoms with van der Waals surface area (Å²) < 4.78 is 0. The maximum absolute atomic E-state index is 8.62. The molecule has 0 fully saturated rings. The summed E-state index contributed by atoms with van der Waals surface area (Å²) in [5.74, 6) is 0. The lowest BCUT2D eigenvalue weighted by molar-refractivity contribution is 0.459. The monoisotopic (exact) mass is 150 g/mol. The normalized spacial score (nSPS) is 8.45. The highest BCUT2D eigenvalue weighted by molar-refractivity contribution is 5.01. The lowest BCUT2D eigenvalue weighted by Gasteiger charge is -2.14. The predicted octanol–water partition coefficient (Wildman–Crippen LogP) is 1.92. The largest absolute Gasteiger partial charge is 0.303 e. The van der Waals surface area contributed by atoms with E-state index in [1.165, 1.54) is 0 Å². The maximum Gasteiger partial charge on any atom is 0.179 e. The quantitative estimate of drug-likeness (QED) is 0.348. The topological polar surface area (TPSA) is 27.0 Å². The minimum atomic E-state index is 0.628. The summed E-state index contributed by atoms with van der Waals surface area (Å²) in [7, 11) is 0. The van der Waals surface area contributed by atoms with E-state index in [2.05, 4.69) is 19.4 Å². The zero-order valence-corrected chi connectivity index (χ0v) is 7.22. The van der Waals surface area contributed by atoms with Crippen LogP contribution >= 0.6 is 0 Å². The minimum Gasteiger partial charge on any atom is -0.303 e. The Morgan fingerprint density at radius 2 is 1.64 bits per heavy atom. The number of hydrogen-bond acceptors (Lipinski definition) is 2. The van der Waals surface area contributed by atoms with Crippen LogP contribution in [0.4, 0.5) is 0 Å². The van der Waals surface area contributed by atoms with Gasteiger partial charge in [-0.2, -0.15) is 5.26 Å². The Kier molecular flexibility index (Phi) is 4.05. The molecule has 0 saturated heterocycles. The van der Waals surface area contributed by atoms with Crippen molar-refractivity contribution in [3.05, 3.63) is 24.3 Å². The highest BCUT2D eigenvalue weighted by Gasteiger charge is 2.00. The highest BCUT2D eigenvalue weighted by Crippen LogP contribution is 1.97. The molecular formula is C9H14N2. The van der Waals surface area contributed by atoms with E-state index in [1.807, 2.05) is 13.8 Å². The van der Waals surface area contributed by atoms with Gasteiger partial charge in [-0.25, -0.2) is 0 Å². The summed E-state index contributed by atoms with van der Waals surface area (Å²) in [6, 6.07) is 0. The average Bonchev–Trinajstić information content (AvgIpc) is 1.84. The Labute approximate surface area is 68.4 Å². The molecule has 0 rings (SSSR count). The van der Waals surface area contributed by atoms with Gasteiger partial charge in [-0.3, -0.25) is 0 Å². The molecule has 0 amide bonds. The fourth-order valence-corrected chi connectivity index (χ4v) is 0.778. The van der Waals surface area contributed by atoms with Gasteiger partial charge >= 0.3 is 0 Å². The van der Waals surface area contributed by atoms with Crippen LogP contribution in [0.5, 0.6) is 0 Å². The standard InChI is InChI=1S/C9H14N2/c1-8(2)5-11(7-10)6-9(3)4/h1,3,5-6H2,2,4H3. The van der Waals surface area contributed by atoms with E-state index in [-0.39, 0.29) is 0 Å². The number of nitrogens with zero attached hydrogens (tertiary/aromatic N) is 2. The van der Waals surface area contributed by atoms with Crippen LogP contribution in [-0.4, -0.2) is 18.0 Å². The van der Waals surface area contributed by atoms with Gasteiger partial charge in [0.1, 0.15) is 0 Å². The second-order valence-electron chi connectivity index (χ2n) is 2.87. The number of nitriles is 1. The van der Waals surface area contributed by atoms with Crippen LogP contribution < -0.4 is 0 Å². The molecule has 0 aromatic carbocycles. The molecule has 0 saturated carbocycles. The van der Waals surface area contributed by atoms with Crippen molar-refractivity contribution < 1.29 is 0 Å². The van der Waals surface area contributed by atoms with Crippen molar-refractivity contribution in [2.75, 3.05) is 13.1 Å². The Hall–Kier alpha value is -1.23. The maximum atomic E-state index is 8.62. The van der Waals surface area contributed by atoms with Crippen molar-refractivity contribution in [3.8, 4) is 6.19 Å². The first kappa shape index (κ1) is 9.77. The van der Waals surface area contributed by atoms with E-state index in [9.17, 15) is 0 Å². The van der Waals surface area contributed by atoms with Crippen molar-refractivity contribution in [1.29, 1.82) is 5.26 Å². The van der Waals surface area contributed by atoms with E-state index in [4.69, 9.17) is 5.26 Å². The van der Waals surface area contributed by atoms with E-state index in [0.717, 1.165) is 11.1 Å². The van der Waals surface area contributed by atoms with Crippen molar-refractivity contribution in [2.24, 2.45) is 0 Å². The highest BCUT2D eigenvalue weighted by atomic mass is 15.1. The van der Waals surface area contributed by atoms with Crippen LogP contribution in [0.3, 0.4) is 0 Å². The fraction of sp³-hybridized carbons (Fsp3) is 0.444. The summed E-state index contributed by atoms with van der Waals surface area (Å²) in [5, 5.41) is 8.62. The van der Waals surface area contributed by atoms with Gasteiger partial charge < -0.3 is 4.90 Å². The molecule has 0 atom stereocenters. The van der Waals surface area contributed by atoms with Gasteiger partial charge in [0.05, 0.1) is 0 Å². The lowest BCUT2D eigenvalue weighted by Crippen LogP contribution is -2.21. The summed E-state index contributed by atoms with van der Waals surface area (Å²) in [6.07, 6.45) is 2.08. The number of rotatable bonds is 4. The van der Waals surface area contributed by atoms with Crippen molar-refractivity contribution in [2.45, 2.75) is 13.8 Å². The Bertz CT molecular complexity index is 182. The van der Waals surface area contributed by atoms with Crippen LogP contribution in [0.2, 0.25) is 0 Å². The molecule has 60 valence electrons. The van der Waals surface area contributed by atoms with Crippen LogP contribution in [0, 0.1) is 11.5 Å². The predicted molar refractivity (Wildman–Crippen MR) is 46.8 cm³/mol.